The maximum absolute atomic E-state index is 6.00. The van der Waals surface area contributed by atoms with Gasteiger partial charge in [-0.05, 0) is 43.4 Å². The largest absolute Gasteiger partial charge is 0.490 e. The van der Waals surface area contributed by atoms with Gasteiger partial charge in [0, 0.05) is 0 Å². The average molecular weight is 216 g/mol. The fraction of sp³-hybridized carbons (Fsp3) is 0.467. The number of hydrogen-bond acceptors (Lipinski definition) is 1. The minimum Gasteiger partial charge on any atom is -0.490 e. The van der Waals surface area contributed by atoms with Crippen molar-refractivity contribution >= 4 is 6.08 Å². The molecule has 1 heteroatoms. The molecule has 0 heterocycles. The summed E-state index contributed by atoms with van der Waals surface area (Å²) in [5, 5.41) is 0. The van der Waals surface area contributed by atoms with E-state index in [1.54, 1.807) is 0 Å². The number of benzene rings is 1. The quantitative estimate of drug-likeness (QED) is 0.679. The Morgan fingerprint density at radius 2 is 1.62 bits per heavy atom. The lowest BCUT2D eigenvalue weighted by Crippen LogP contribution is -2.14. The summed E-state index contributed by atoms with van der Waals surface area (Å²) in [6, 6.07) is 8.20. The third-order valence-electron chi connectivity index (χ3n) is 3.22. The van der Waals surface area contributed by atoms with Gasteiger partial charge < -0.3 is 4.74 Å². The summed E-state index contributed by atoms with van der Waals surface area (Å²) in [6.45, 7) is 3.75. The molecule has 0 amide bonds. The second kappa shape index (κ2) is 5.74. The fourth-order valence-electron chi connectivity index (χ4n) is 2.23. The first-order chi connectivity index (χ1) is 7.88. The van der Waals surface area contributed by atoms with Crippen molar-refractivity contribution in [3.05, 3.63) is 36.4 Å². The molecule has 0 N–H and O–H groups in total. The van der Waals surface area contributed by atoms with Crippen molar-refractivity contribution in [3.63, 3.8) is 0 Å². The second-order valence-electron chi connectivity index (χ2n) is 4.50. The van der Waals surface area contributed by atoms with Crippen LogP contribution < -0.4 is 4.74 Å². The van der Waals surface area contributed by atoms with Crippen molar-refractivity contribution in [1.82, 2.24) is 0 Å². The number of ether oxygens (including phenoxy) is 1. The average Bonchev–Trinajstić information content (AvgIpc) is 2.59. The van der Waals surface area contributed by atoms with Gasteiger partial charge in [-0.15, -0.1) is 0 Å². The van der Waals surface area contributed by atoms with Gasteiger partial charge in [-0.1, -0.05) is 37.6 Å². The topological polar surface area (TPSA) is 9.23 Å². The molecular formula is C15H20O. The molecule has 1 aliphatic carbocycles. The molecule has 1 aromatic carbocycles. The van der Waals surface area contributed by atoms with E-state index in [1.807, 2.05) is 18.2 Å². The van der Waals surface area contributed by atoms with Crippen molar-refractivity contribution in [2.45, 2.75) is 44.6 Å². The Hall–Kier alpha value is -1.24. The van der Waals surface area contributed by atoms with Crippen LogP contribution in [0.15, 0.2) is 30.8 Å². The van der Waals surface area contributed by atoms with Gasteiger partial charge in [-0.2, -0.15) is 0 Å². The summed E-state index contributed by atoms with van der Waals surface area (Å²) in [7, 11) is 0. The van der Waals surface area contributed by atoms with E-state index in [9.17, 15) is 0 Å². The third-order valence-corrected chi connectivity index (χ3v) is 3.22. The highest BCUT2D eigenvalue weighted by Crippen LogP contribution is 2.23. The lowest BCUT2D eigenvalue weighted by molar-refractivity contribution is 0.184. The molecule has 1 fully saturated rings. The predicted molar refractivity (Wildman–Crippen MR) is 68.7 cm³/mol. The Kier molecular flexibility index (Phi) is 4.03. The van der Waals surface area contributed by atoms with Gasteiger partial charge in [0.25, 0.3) is 0 Å². The molecule has 2 rings (SSSR count). The number of rotatable bonds is 3. The van der Waals surface area contributed by atoms with E-state index in [-0.39, 0.29) is 0 Å². The first kappa shape index (κ1) is 11.3. The van der Waals surface area contributed by atoms with E-state index in [0.717, 1.165) is 11.3 Å². The van der Waals surface area contributed by atoms with Crippen LogP contribution in [0, 0.1) is 0 Å². The molecule has 0 unspecified atom stereocenters. The zero-order chi connectivity index (χ0) is 11.2. The SMILES string of the molecule is C=Cc1ccc(OC2CCCCCC2)cc1. The van der Waals surface area contributed by atoms with Gasteiger partial charge in [-0.25, -0.2) is 0 Å². The van der Waals surface area contributed by atoms with Crippen LogP contribution in [0.25, 0.3) is 6.08 Å². The van der Waals surface area contributed by atoms with Crippen LogP contribution in [0.5, 0.6) is 5.75 Å². The third kappa shape index (κ3) is 3.13. The summed E-state index contributed by atoms with van der Waals surface area (Å²) in [5.41, 5.74) is 1.15. The number of hydrogen-bond donors (Lipinski definition) is 0. The predicted octanol–water partition coefficient (Wildman–Crippen LogP) is 4.43. The van der Waals surface area contributed by atoms with Crippen molar-refractivity contribution < 1.29 is 4.74 Å². The van der Waals surface area contributed by atoms with Crippen LogP contribution in [-0.2, 0) is 0 Å². The minimum absolute atomic E-state index is 0.428. The highest BCUT2D eigenvalue weighted by Gasteiger charge is 2.13. The van der Waals surface area contributed by atoms with Crippen LogP contribution in [0.2, 0.25) is 0 Å². The molecule has 0 aliphatic heterocycles. The maximum atomic E-state index is 6.00. The van der Waals surface area contributed by atoms with Gasteiger partial charge in [0.15, 0.2) is 0 Å². The molecule has 16 heavy (non-hydrogen) atoms. The van der Waals surface area contributed by atoms with E-state index in [2.05, 4.69) is 18.7 Å². The first-order valence-corrected chi connectivity index (χ1v) is 6.27. The van der Waals surface area contributed by atoms with E-state index >= 15 is 0 Å². The molecule has 1 aromatic rings. The molecule has 0 radical (unpaired) electrons. The van der Waals surface area contributed by atoms with Gasteiger partial charge in [0.05, 0.1) is 6.10 Å². The maximum Gasteiger partial charge on any atom is 0.119 e. The molecule has 1 nitrogen and oxygen atoms in total. The standard InChI is InChI=1S/C15H20O/c1-2-13-9-11-15(12-10-13)16-14-7-5-3-4-6-8-14/h2,9-12,14H,1,3-8H2. The highest BCUT2D eigenvalue weighted by atomic mass is 16.5. The van der Waals surface area contributed by atoms with Crippen molar-refractivity contribution in [2.24, 2.45) is 0 Å². The molecule has 0 spiro atoms. The molecule has 1 saturated carbocycles. The molecule has 0 bridgehead atoms. The lowest BCUT2D eigenvalue weighted by atomic mass is 10.1. The highest BCUT2D eigenvalue weighted by molar-refractivity contribution is 5.48. The Labute approximate surface area is 98.1 Å². The van der Waals surface area contributed by atoms with E-state index in [1.165, 1.54) is 38.5 Å². The van der Waals surface area contributed by atoms with Gasteiger partial charge >= 0.3 is 0 Å². The van der Waals surface area contributed by atoms with Crippen molar-refractivity contribution in [2.75, 3.05) is 0 Å². The summed E-state index contributed by atoms with van der Waals surface area (Å²) in [4.78, 5) is 0. The van der Waals surface area contributed by atoms with Crippen molar-refractivity contribution in [1.29, 1.82) is 0 Å². The monoisotopic (exact) mass is 216 g/mol. The van der Waals surface area contributed by atoms with Gasteiger partial charge in [-0.3, -0.25) is 0 Å². The van der Waals surface area contributed by atoms with Gasteiger partial charge in [0.2, 0.25) is 0 Å². The summed E-state index contributed by atoms with van der Waals surface area (Å²) in [6.07, 6.45) is 10.1. The van der Waals surface area contributed by atoms with Crippen LogP contribution in [0.3, 0.4) is 0 Å². The fourth-order valence-corrected chi connectivity index (χ4v) is 2.23. The second-order valence-corrected chi connectivity index (χ2v) is 4.50. The Morgan fingerprint density at radius 1 is 1.00 bits per heavy atom. The molecule has 0 atom stereocenters. The van der Waals surface area contributed by atoms with Crippen LogP contribution in [0.4, 0.5) is 0 Å². The molecule has 0 aromatic heterocycles. The van der Waals surface area contributed by atoms with Crippen molar-refractivity contribution in [3.8, 4) is 5.75 Å². The summed E-state index contributed by atoms with van der Waals surface area (Å²) in [5.74, 6) is 0.998. The van der Waals surface area contributed by atoms with E-state index in [0.29, 0.717) is 6.10 Å². The van der Waals surface area contributed by atoms with E-state index < -0.39 is 0 Å². The van der Waals surface area contributed by atoms with Crippen LogP contribution in [-0.4, -0.2) is 6.10 Å². The first-order valence-electron chi connectivity index (χ1n) is 6.27. The Morgan fingerprint density at radius 3 is 2.19 bits per heavy atom. The molecule has 1 aliphatic rings. The molecule has 86 valence electrons. The lowest BCUT2D eigenvalue weighted by Gasteiger charge is -2.16. The summed E-state index contributed by atoms with van der Waals surface area (Å²) >= 11 is 0. The zero-order valence-corrected chi connectivity index (χ0v) is 9.82. The van der Waals surface area contributed by atoms with Gasteiger partial charge in [0.1, 0.15) is 5.75 Å². The molecule has 0 saturated heterocycles. The Balaban J connectivity index is 1.93. The normalized spacial score (nSPS) is 17.8. The van der Waals surface area contributed by atoms with Crippen LogP contribution in [0.1, 0.15) is 44.1 Å². The minimum atomic E-state index is 0.428. The molecular weight excluding hydrogens is 196 g/mol. The Bertz CT molecular complexity index is 318. The smallest absolute Gasteiger partial charge is 0.119 e. The van der Waals surface area contributed by atoms with E-state index in [4.69, 9.17) is 4.74 Å². The zero-order valence-electron chi connectivity index (χ0n) is 9.82. The summed E-state index contributed by atoms with van der Waals surface area (Å²) < 4.78 is 6.00. The van der Waals surface area contributed by atoms with Crippen LogP contribution >= 0.6 is 0 Å².